The molecule has 0 spiro atoms. The van der Waals surface area contributed by atoms with Crippen LogP contribution in [0, 0.1) is 6.92 Å². The van der Waals surface area contributed by atoms with Crippen molar-refractivity contribution in [2.45, 2.75) is 27.2 Å². The fourth-order valence-corrected chi connectivity index (χ4v) is 2.12. The molecule has 0 atom stereocenters. The van der Waals surface area contributed by atoms with Crippen LogP contribution in [0.1, 0.15) is 35.1 Å². The van der Waals surface area contributed by atoms with Gasteiger partial charge in [-0.25, -0.2) is 0 Å². The Hall–Kier alpha value is -1.01. The zero-order valence-electron chi connectivity index (χ0n) is 10.7. The fourth-order valence-electron chi connectivity index (χ4n) is 1.51. The summed E-state index contributed by atoms with van der Waals surface area (Å²) in [5.74, 6) is -0.116. The first-order valence-electron chi connectivity index (χ1n) is 5.98. The van der Waals surface area contributed by atoms with E-state index in [1.807, 2.05) is 6.92 Å². The number of carbonyl (C=O) groups is 1. The maximum atomic E-state index is 11.6. The highest BCUT2D eigenvalue weighted by atomic mass is 32.1. The van der Waals surface area contributed by atoms with Gasteiger partial charge in [0.25, 0.3) is 5.91 Å². The summed E-state index contributed by atoms with van der Waals surface area (Å²) < 4.78 is 0. The molecule has 0 saturated heterocycles. The molecule has 0 fully saturated rings. The predicted molar refractivity (Wildman–Crippen MR) is 69.4 cm³/mol. The Balaban J connectivity index is 2.21. The molecule has 0 aliphatic rings. The van der Waals surface area contributed by atoms with Gasteiger partial charge in [-0.1, -0.05) is 25.2 Å². The van der Waals surface area contributed by atoms with Crippen molar-refractivity contribution in [3.05, 3.63) is 10.0 Å². The van der Waals surface area contributed by atoms with Crippen molar-refractivity contribution in [3.63, 3.8) is 0 Å². The predicted octanol–water partition coefficient (Wildman–Crippen LogP) is 1.31. The number of nitrogens with zero attached hydrogens (tertiary/aromatic N) is 3. The summed E-state index contributed by atoms with van der Waals surface area (Å²) in [6.07, 6.45) is 0.963. The van der Waals surface area contributed by atoms with Crippen LogP contribution in [-0.4, -0.2) is 47.2 Å². The van der Waals surface area contributed by atoms with Gasteiger partial charge < -0.3 is 10.2 Å². The Morgan fingerprint density at radius 1 is 1.35 bits per heavy atom. The maximum absolute atomic E-state index is 11.6. The summed E-state index contributed by atoms with van der Waals surface area (Å²) in [4.78, 5) is 14.0. The first-order chi connectivity index (χ1) is 8.17. The highest BCUT2D eigenvalue weighted by molar-refractivity contribution is 7.13. The number of aromatic nitrogens is 2. The average Bonchev–Trinajstić information content (AvgIpc) is 2.76. The van der Waals surface area contributed by atoms with Gasteiger partial charge in [0.15, 0.2) is 0 Å². The van der Waals surface area contributed by atoms with Gasteiger partial charge in [0, 0.05) is 6.54 Å². The smallest absolute Gasteiger partial charge is 0.282 e. The van der Waals surface area contributed by atoms with Gasteiger partial charge in [-0.15, -0.1) is 10.2 Å². The molecule has 6 heteroatoms. The van der Waals surface area contributed by atoms with Crippen LogP contribution in [0.4, 0.5) is 0 Å². The van der Waals surface area contributed by atoms with Gasteiger partial charge in [0.1, 0.15) is 5.01 Å². The minimum atomic E-state index is -0.116. The second-order valence-corrected chi connectivity index (χ2v) is 4.94. The third kappa shape index (κ3) is 4.79. The summed E-state index contributed by atoms with van der Waals surface area (Å²) in [5, 5.41) is 11.8. The maximum Gasteiger partial charge on any atom is 0.282 e. The Labute approximate surface area is 106 Å². The Kier molecular flexibility index (Phi) is 6.07. The molecule has 1 aromatic heterocycles. The first-order valence-corrected chi connectivity index (χ1v) is 6.79. The van der Waals surface area contributed by atoms with Crippen LogP contribution in [0.25, 0.3) is 0 Å². The lowest BCUT2D eigenvalue weighted by molar-refractivity contribution is 0.0950. The van der Waals surface area contributed by atoms with Crippen LogP contribution < -0.4 is 5.32 Å². The van der Waals surface area contributed by atoms with Crippen LogP contribution in [0.15, 0.2) is 0 Å². The Morgan fingerprint density at radius 2 is 2.06 bits per heavy atom. The summed E-state index contributed by atoms with van der Waals surface area (Å²) >= 11 is 1.32. The number of rotatable bonds is 7. The Morgan fingerprint density at radius 3 is 2.59 bits per heavy atom. The molecule has 5 nitrogen and oxygen atoms in total. The quantitative estimate of drug-likeness (QED) is 0.747. The van der Waals surface area contributed by atoms with E-state index in [-0.39, 0.29) is 5.91 Å². The third-order valence-corrected chi connectivity index (χ3v) is 3.39. The molecule has 17 heavy (non-hydrogen) atoms. The van der Waals surface area contributed by atoms with Crippen molar-refractivity contribution < 1.29 is 4.79 Å². The molecule has 1 rings (SSSR count). The monoisotopic (exact) mass is 256 g/mol. The van der Waals surface area contributed by atoms with Gasteiger partial charge in [-0.2, -0.15) is 0 Å². The van der Waals surface area contributed by atoms with Gasteiger partial charge >= 0.3 is 0 Å². The van der Waals surface area contributed by atoms with Crippen LogP contribution in [0.3, 0.4) is 0 Å². The zero-order chi connectivity index (χ0) is 12.7. The molecule has 1 heterocycles. The lowest BCUT2D eigenvalue weighted by Crippen LogP contribution is -2.29. The molecule has 0 radical (unpaired) electrons. The van der Waals surface area contributed by atoms with Crippen LogP contribution >= 0.6 is 11.3 Å². The number of nitrogens with one attached hydrogen (secondary N) is 1. The summed E-state index contributed by atoms with van der Waals surface area (Å²) in [6, 6.07) is 0. The molecule has 0 unspecified atom stereocenters. The van der Waals surface area contributed by atoms with E-state index in [4.69, 9.17) is 0 Å². The van der Waals surface area contributed by atoms with Crippen molar-refractivity contribution >= 4 is 17.2 Å². The van der Waals surface area contributed by atoms with E-state index in [2.05, 4.69) is 34.3 Å². The van der Waals surface area contributed by atoms with Crippen molar-refractivity contribution in [2.24, 2.45) is 0 Å². The molecule has 1 N–H and O–H groups in total. The molecule has 1 amide bonds. The van der Waals surface area contributed by atoms with Gasteiger partial charge in [-0.3, -0.25) is 4.79 Å². The lowest BCUT2D eigenvalue weighted by Gasteiger charge is -2.17. The van der Waals surface area contributed by atoms with Crippen LogP contribution in [-0.2, 0) is 0 Å². The van der Waals surface area contributed by atoms with Crippen LogP contribution in [0.2, 0.25) is 0 Å². The first kappa shape index (κ1) is 14.1. The molecule has 0 aromatic carbocycles. The Bertz CT molecular complexity index is 349. The van der Waals surface area contributed by atoms with E-state index in [0.717, 1.165) is 31.1 Å². The highest BCUT2D eigenvalue weighted by Gasteiger charge is 2.10. The van der Waals surface area contributed by atoms with Crippen molar-refractivity contribution in [2.75, 3.05) is 26.2 Å². The molecular formula is C11H20N4OS. The fraction of sp³-hybridized carbons (Fsp3) is 0.727. The van der Waals surface area contributed by atoms with E-state index in [1.54, 1.807) is 0 Å². The second-order valence-electron chi connectivity index (χ2n) is 3.76. The minimum Gasteiger partial charge on any atom is -0.350 e. The molecule has 0 aliphatic heterocycles. The number of amides is 1. The van der Waals surface area contributed by atoms with E-state index < -0.39 is 0 Å². The second kappa shape index (κ2) is 7.34. The minimum absolute atomic E-state index is 0.116. The third-order valence-electron chi connectivity index (χ3n) is 2.55. The molecule has 0 bridgehead atoms. The van der Waals surface area contributed by atoms with Crippen LogP contribution in [0.5, 0.6) is 0 Å². The number of hydrogen-bond donors (Lipinski definition) is 1. The van der Waals surface area contributed by atoms with Crippen molar-refractivity contribution in [1.82, 2.24) is 20.4 Å². The van der Waals surface area contributed by atoms with Gasteiger partial charge in [-0.05, 0) is 33.0 Å². The number of carbonyl (C=O) groups excluding carboxylic acids is 1. The molecule has 96 valence electrons. The topological polar surface area (TPSA) is 58.1 Å². The summed E-state index contributed by atoms with van der Waals surface area (Å²) in [6.45, 7) is 9.95. The van der Waals surface area contributed by atoms with Gasteiger partial charge in [0.2, 0.25) is 5.01 Å². The molecular weight excluding hydrogens is 236 g/mol. The van der Waals surface area contributed by atoms with E-state index in [1.165, 1.54) is 11.3 Å². The van der Waals surface area contributed by atoms with Gasteiger partial charge in [0.05, 0.1) is 0 Å². The average molecular weight is 256 g/mol. The van der Waals surface area contributed by atoms with E-state index >= 15 is 0 Å². The van der Waals surface area contributed by atoms with Crippen molar-refractivity contribution in [1.29, 1.82) is 0 Å². The highest BCUT2D eigenvalue weighted by Crippen LogP contribution is 2.07. The summed E-state index contributed by atoms with van der Waals surface area (Å²) in [7, 11) is 0. The zero-order valence-corrected chi connectivity index (χ0v) is 11.5. The van der Waals surface area contributed by atoms with E-state index in [9.17, 15) is 4.79 Å². The normalized spacial score (nSPS) is 10.8. The number of aryl methyl sites for hydroxylation is 1. The SMILES string of the molecule is CCN(CC)CCCNC(=O)c1nnc(C)s1. The number of hydrogen-bond acceptors (Lipinski definition) is 5. The summed E-state index contributed by atoms with van der Waals surface area (Å²) in [5.41, 5.74) is 0. The standard InChI is InChI=1S/C11H20N4OS/c1-4-15(5-2)8-6-7-12-10(16)11-14-13-9(3)17-11/h4-8H2,1-3H3,(H,12,16). The van der Waals surface area contributed by atoms with Crippen molar-refractivity contribution in [3.8, 4) is 0 Å². The lowest BCUT2D eigenvalue weighted by atomic mass is 10.3. The van der Waals surface area contributed by atoms with E-state index in [0.29, 0.717) is 11.6 Å². The largest absolute Gasteiger partial charge is 0.350 e. The molecule has 1 aromatic rings. The molecule has 0 aliphatic carbocycles. The molecule has 0 saturated carbocycles.